The van der Waals surface area contributed by atoms with Crippen molar-refractivity contribution in [1.29, 1.82) is 0 Å². The van der Waals surface area contributed by atoms with Crippen LogP contribution in [0, 0.1) is 16.6 Å². The average molecular weight is 471 g/mol. The fourth-order valence-electron chi connectivity index (χ4n) is 4.85. The molecule has 5 nitrogen and oxygen atoms in total. The van der Waals surface area contributed by atoms with Crippen molar-refractivity contribution >= 4 is 29.4 Å². The summed E-state index contributed by atoms with van der Waals surface area (Å²) in [5.41, 5.74) is 1.21. The van der Waals surface area contributed by atoms with Gasteiger partial charge in [0.2, 0.25) is 0 Å². The molecule has 7 heteroatoms. The van der Waals surface area contributed by atoms with Gasteiger partial charge >= 0.3 is 0 Å². The molecule has 1 aromatic heterocycles. The van der Waals surface area contributed by atoms with E-state index in [1.54, 1.807) is 6.20 Å². The van der Waals surface area contributed by atoms with Crippen molar-refractivity contribution in [2.24, 2.45) is 10.8 Å². The number of halogens is 2. The Labute approximate surface area is 198 Å². The van der Waals surface area contributed by atoms with E-state index in [1.165, 1.54) is 12.1 Å². The average Bonchev–Trinajstić information content (AvgIpc) is 2.70. The third kappa shape index (κ3) is 5.44. The molecule has 1 heterocycles. The second kappa shape index (κ2) is 8.56. The number of pyridine rings is 1. The highest BCUT2D eigenvalue weighted by molar-refractivity contribution is 6.30. The van der Waals surface area contributed by atoms with Crippen LogP contribution in [0.1, 0.15) is 62.5 Å². The first-order valence-electron chi connectivity index (χ1n) is 11.0. The van der Waals surface area contributed by atoms with E-state index >= 15 is 0 Å². The first-order valence-corrected chi connectivity index (χ1v) is 11.4. The summed E-state index contributed by atoms with van der Waals surface area (Å²) in [6, 6.07) is 7.79. The molecule has 0 saturated heterocycles. The van der Waals surface area contributed by atoms with Crippen molar-refractivity contribution < 1.29 is 18.7 Å². The molecular weight excluding hydrogens is 443 g/mol. The van der Waals surface area contributed by atoms with Gasteiger partial charge in [0, 0.05) is 24.2 Å². The van der Waals surface area contributed by atoms with Crippen LogP contribution in [0.2, 0.25) is 5.02 Å². The minimum Gasteiger partial charge on any atom is -0.484 e. The molecular formula is C26H28ClFN2O3. The van der Waals surface area contributed by atoms with E-state index in [2.05, 4.69) is 37.1 Å². The predicted octanol–water partition coefficient (Wildman–Crippen LogP) is 5.62. The highest BCUT2D eigenvalue weighted by Gasteiger charge is 2.68. The smallest absolute Gasteiger partial charge is 0.258 e. The maximum atomic E-state index is 13.5. The number of nitrogens with zero attached hydrogens (tertiary/aromatic N) is 1. The van der Waals surface area contributed by atoms with Gasteiger partial charge in [-0.25, -0.2) is 4.39 Å². The largest absolute Gasteiger partial charge is 0.484 e. The Balaban J connectivity index is 1.25. The molecule has 2 aromatic rings. The van der Waals surface area contributed by atoms with Crippen LogP contribution < -0.4 is 10.1 Å². The van der Waals surface area contributed by atoms with E-state index in [4.69, 9.17) is 16.3 Å². The Kier molecular flexibility index (Phi) is 6.08. The van der Waals surface area contributed by atoms with Crippen LogP contribution in [0.25, 0.3) is 6.08 Å². The standard InChI is InChI=1S/C26H28ClFN2O3/c1-24(2,3)8-6-17-7-9-29-21(10-17)22(31)12-25-14-26(15-25,16-25)30-23(32)13-33-18-4-5-19(27)20(28)11-18/h4-11H,12-16H2,1-3H3,(H,30,32)/b8-6+. The van der Waals surface area contributed by atoms with Gasteiger partial charge in [0.25, 0.3) is 5.91 Å². The number of nitrogens with one attached hydrogen (secondary N) is 1. The van der Waals surface area contributed by atoms with Crippen molar-refractivity contribution in [2.45, 2.75) is 52.0 Å². The summed E-state index contributed by atoms with van der Waals surface area (Å²) in [4.78, 5) is 29.4. The van der Waals surface area contributed by atoms with E-state index in [0.29, 0.717) is 12.1 Å². The molecule has 1 aromatic carbocycles. The normalized spacial score (nSPS) is 23.5. The topological polar surface area (TPSA) is 68.3 Å². The number of rotatable bonds is 8. The highest BCUT2D eigenvalue weighted by Crippen LogP contribution is 2.69. The van der Waals surface area contributed by atoms with E-state index in [0.717, 1.165) is 30.9 Å². The number of amides is 1. The molecule has 33 heavy (non-hydrogen) atoms. The molecule has 0 radical (unpaired) electrons. The summed E-state index contributed by atoms with van der Waals surface area (Å²) < 4.78 is 18.8. The zero-order valence-corrected chi connectivity index (χ0v) is 19.8. The number of carbonyl (C=O) groups is 2. The lowest BCUT2D eigenvalue weighted by molar-refractivity contribution is -0.164. The van der Waals surface area contributed by atoms with Crippen LogP contribution >= 0.6 is 11.6 Å². The van der Waals surface area contributed by atoms with Crippen molar-refractivity contribution in [3.8, 4) is 5.75 Å². The third-order valence-electron chi connectivity index (χ3n) is 6.19. The number of allylic oxidation sites excluding steroid dienone is 1. The lowest BCUT2D eigenvalue weighted by Crippen LogP contribution is -2.75. The van der Waals surface area contributed by atoms with Crippen LogP contribution in [-0.4, -0.2) is 28.8 Å². The van der Waals surface area contributed by atoms with Gasteiger partial charge in [-0.05, 0) is 59.9 Å². The molecule has 0 unspecified atom stereocenters. The Morgan fingerprint density at radius 1 is 1.21 bits per heavy atom. The molecule has 3 aliphatic carbocycles. The number of carbonyl (C=O) groups excluding carboxylic acids is 2. The zero-order valence-electron chi connectivity index (χ0n) is 19.1. The lowest BCUT2D eigenvalue weighted by atomic mass is 9.38. The Hall–Kier alpha value is -2.73. The fourth-order valence-corrected chi connectivity index (χ4v) is 4.96. The van der Waals surface area contributed by atoms with Crippen LogP contribution in [0.15, 0.2) is 42.6 Å². The molecule has 2 bridgehead atoms. The van der Waals surface area contributed by atoms with Gasteiger partial charge < -0.3 is 10.1 Å². The van der Waals surface area contributed by atoms with Gasteiger partial charge in [-0.2, -0.15) is 0 Å². The number of hydrogen-bond acceptors (Lipinski definition) is 4. The first-order chi connectivity index (χ1) is 15.5. The number of hydrogen-bond donors (Lipinski definition) is 1. The minimum absolute atomic E-state index is 0.00353. The summed E-state index contributed by atoms with van der Waals surface area (Å²) >= 11 is 5.65. The van der Waals surface area contributed by atoms with E-state index in [-0.39, 0.29) is 45.4 Å². The van der Waals surface area contributed by atoms with Crippen molar-refractivity contribution in [3.05, 3.63) is 64.7 Å². The second-order valence-corrected chi connectivity index (χ2v) is 10.9. The van der Waals surface area contributed by atoms with E-state index in [1.807, 2.05) is 18.2 Å². The summed E-state index contributed by atoms with van der Waals surface area (Å²) in [5, 5.41) is 3.02. The number of benzene rings is 1. The Morgan fingerprint density at radius 2 is 1.94 bits per heavy atom. The van der Waals surface area contributed by atoms with Gasteiger partial charge in [-0.1, -0.05) is 44.5 Å². The molecule has 0 spiro atoms. The van der Waals surface area contributed by atoms with Crippen LogP contribution in [0.4, 0.5) is 4.39 Å². The van der Waals surface area contributed by atoms with Crippen LogP contribution in [-0.2, 0) is 4.79 Å². The third-order valence-corrected chi connectivity index (χ3v) is 6.49. The number of aromatic nitrogens is 1. The Bertz CT molecular complexity index is 1100. The second-order valence-electron chi connectivity index (χ2n) is 10.5. The monoisotopic (exact) mass is 470 g/mol. The lowest BCUT2D eigenvalue weighted by Gasteiger charge is -2.70. The van der Waals surface area contributed by atoms with Crippen molar-refractivity contribution in [2.75, 3.05) is 6.61 Å². The highest BCUT2D eigenvalue weighted by atomic mass is 35.5. The molecule has 5 rings (SSSR count). The van der Waals surface area contributed by atoms with Gasteiger partial charge in [-0.3, -0.25) is 14.6 Å². The minimum atomic E-state index is -0.592. The van der Waals surface area contributed by atoms with Crippen molar-refractivity contribution in [3.63, 3.8) is 0 Å². The number of ether oxygens (including phenoxy) is 1. The summed E-state index contributed by atoms with van der Waals surface area (Å²) in [6.07, 6.45) is 8.56. The summed E-state index contributed by atoms with van der Waals surface area (Å²) in [6.45, 7) is 6.17. The first kappa shape index (κ1) is 23.4. The van der Waals surface area contributed by atoms with Crippen LogP contribution in [0.3, 0.4) is 0 Å². The maximum absolute atomic E-state index is 13.5. The van der Waals surface area contributed by atoms with Gasteiger partial charge in [0.05, 0.1) is 5.02 Å². The zero-order chi connectivity index (χ0) is 23.9. The molecule has 0 aliphatic heterocycles. The molecule has 1 amide bonds. The van der Waals surface area contributed by atoms with E-state index in [9.17, 15) is 14.0 Å². The van der Waals surface area contributed by atoms with Gasteiger partial charge in [0.1, 0.15) is 17.3 Å². The molecule has 1 N–H and O–H groups in total. The quantitative estimate of drug-likeness (QED) is 0.508. The maximum Gasteiger partial charge on any atom is 0.258 e. The molecule has 3 saturated carbocycles. The van der Waals surface area contributed by atoms with Gasteiger partial charge in [0.15, 0.2) is 12.4 Å². The molecule has 3 aliphatic rings. The Morgan fingerprint density at radius 3 is 2.61 bits per heavy atom. The van der Waals surface area contributed by atoms with Crippen molar-refractivity contribution in [1.82, 2.24) is 10.3 Å². The van der Waals surface area contributed by atoms with Gasteiger partial charge in [-0.15, -0.1) is 0 Å². The summed E-state index contributed by atoms with van der Waals surface area (Å²) in [7, 11) is 0. The van der Waals surface area contributed by atoms with Crippen LogP contribution in [0.5, 0.6) is 5.75 Å². The molecule has 174 valence electrons. The summed E-state index contributed by atoms with van der Waals surface area (Å²) in [5.74, 6) is -0.566. The molecule has 0 atom stereocenters. The van der Waals surface area contributed by atoms with E-state index < -0.39 is 5.82 Å². The predicted molar refractivity (Wildman–Crippen MR) is 126 cm³/mol. The fraction of sp³-hybridized carbons (Fsp3) is 0.423. The number of Topliss-reactive ketones (excluding diaryl/α,β-unsaturated/α-hetero) is 1. The molecule has 3 fully saturated rings. The number of ketones is 1. The SMILES string of the molecule is CC(C)(C)/C=C/c1ccnc(C(=O)CC23CC(NC(=O)COc4ccc(Cl)c(F)c4)(C2)C3)c1.